The molecule has 0 amide bonds. The van der Waals surface area contributed by atoms with E-state index < -0.39 is 18.3 Å². The Kier molecular flexibility index (Phi) is 3.79. The number of benzene rings is 1. The van der Waals surface area contributed by atoms with Crippen LogP contribution in [0, 0.1) is 12.7 Å². The van der Waals surface area contributed by atoms with Gasteiger partial charge in [-0.1, -0.05) is 11.3 Å². The van der Waals surface area contributed by atoms with Crippen molar-refractivity contribution < 1.29 is 17.9 Å². The number of aryl methyl sites for hydroxylation is 1. The summed E-state index contributed by atoms with van der Waals surface area (Å²) in [7, 11) is 1.43. The second kappa shape index (κ2) is 5.93. The molecular weight excluding hydrogens is 361 g/mol. The van der Waals surface area contributed by atoms with Crippen molar-refractivity contribution in [1.29, 1.82) is 0 Å². The zero-order valence-corrected chi connectivity index (χ0v) is 14.7. The molecule has 10 heteroatoms. The number of ether oxygens (including phenoxy) is 1. The van der Waals surface area contributed by atoms with Crippen LogP contribution in [-0.2, 0) is 6.54 Å². The molecule has 1 aromatic carbocycles. The third kappa shape index (κ3) is 2.96. The highest BCUT2D eigenvalue weighted by Gasteiger charge is 2.25. The average molecular weight is 376 g/mol. The van der Waals surface area contributed by atoms with Gasteiger partial charge in [0.1, 0.15) is 23.4 Å². The number of nitrogens with zero attached hydrogens (tertiary/aromatic N) is 6. The SMILES string of the molecule is COc1nc(C)nn2cc(F)c(-c3ccc4nnn(CC(C)(F)F)c4c3)c12. The van der Waals surface area contributed by atoms with Gasteiger partial charge in [-0.2, -0.15) is 10.1 Å². The molecule has 3 heterocycles. The van der Waals surface area contributed by atoms with E-state index in [2.05, 4.69) is 20.4 Å². The summed E-state index contributed by atoms with van der Waals surface area (Å²) < 4.78 is 49.3. The molecule has 7 nitrogen and oxygen atoms in total. The van der Waals surface area contributed by atoms with E-state index in [1.807, 2.05) is 0 Å². The smallest absolute Gasteiger partial charge is 0.264 e. The normalized spacial score (nSPS) is 12.2. The van der Waals surface area contributed by atoms with Crippen LogP contribution < -0.4 is 4.74 Å². The first kappa shape index (κ1) is 17.3. The number of halogens is 3. The molecule has 0 unspecified atom stereocenters. The molecule has 27 heavy (non-hydrogen) atoms. The lowest BCUT2D eigenvalue weighted by Gasteiger charge is -2.10. The maximum absolute atomic E-state index is 14.7. The molecule has 0 aliphatic rings. The minimum absolute atomic E-state index is 0.213. The van der Waals surface area contributed by atoms with Crippen molar-refractivity contribution in [3.63, 3.8) is 0 Å². The zero-order valence-electron chi connectivity index (χ0n) is 14.7. The fourth-order valence-electron chi connectivity index (χ4n) is 3.04. The molecule has 0 aliphatic heterocycles. The van der Waals surface area contributed by atoms with Crippen LogP contribution in [0.1, 0.15) is 12.7 Å². The van der Waals surface area contributed by atoms with Gasteiger partial charge in [-0.05, 0) is 24.6 Å². The fourth-order valence-corrected chi connectivity index (χ4v) is 3.04. The summed E-state index contributed by atoms with van der Waals surface area (Å²) in [5, 5.41) is 11.8. The molecule has 0 fully saturated rings. The van der Waals surface area contributed by atoms with E-state index in [-0.39, 0.29) is 11.4 Å². The predicted octanol–water partition coefficient (Wildman–Crippen LogP) is 3.25. The van der Waals surface area contributed by atoms with Crippen LogP contribution in [0.15, 0.2) is 24.4 Å². The molecular formula is C17H15F3N6O. The van der Waals surface area contributed by atoms with Gasteiger partial charge < -0.3 is 4.74 Å². The lowest BCUT2D eigenvalue weighted by Crippen LogP contribution is -2.20. The van der Waals surface area contributed by atoms with Gasteiger partial charge in [0, 0.05) is 6.92 Å². The molecule has 0 N–H and O–H groups in total. The molecule has 4 rings (SSSR count). The Morgan fingerprint density at radius 3 is 2.74 bits per heavy atom. The van der Waals surface area contributed by atoms with Crippen molar-refractivity contribution in [3.05, 3.63) is 36.0 Å². The Morgan fingerprint density at radius 1 is 1.26 bits per heavy atom. The number of aromatic nitrogens is 6. The zero-order chi connectivity index (χ0) is 19.3. The van der Waals surface area contributed by atoms with E-state index >= 15 is 0 Å². The van der Waals surface area contributed by atoms with Gasteiger partial charge in [-0.3, -0.25) is 0 Å². The first-order valence-corrected chi connectivity index (χ1v) is 8.08. The summed E-state index contributed by atoms with van der Waals surface area (Å²) in [6.45, 7) is 1.84. The van der Waals surface area contributed by atoms with Gasteiger partial charge in [0.2, 0.25) is 5.88 Å². The molecule has 0 radical (unpaired) electrons. The van der Waals surface area contributed by atoms with Gasteiger partial charge in [-0.25, -0.2) is 22.4 Å². The third-order valence-corrected chi connectivity index (χ3v) is 4.08. The Morgan fingerprint density at radius 2 is 2.04 bits per heavy atom. The molecule has 0 saturated carbocycles. The second-order valence-corrected chi connectivity index (χ2v) is 6.33. The van der Waals surface area contributed by atoms with Crippen molar-refractivity contribution in [1.82, 2.24) is 29.6 Å². The molecule has 0 saturated heterocycles. The Balaban J connectivity index is 1.95. The summed E-state index contributed by atoms with van der Waals surface area (Å²) in [5.74, 6) is -2.86. The Hall–Kier alpha value is -3.17. The van der Waals surface area contributed by atoms with E-state index in [4.69, 9.17) is 4.74 Å². The number of rotatable bonds is 4. The highest BCUT2D eigenvalue weighted by molar-refractivity contribution is 5.89. The van der Waals surface area contributed by atoms with Crippen molar-refractivity contribution in [2.24, 2.45) is 0 Å². The summed E-state index contributed by atoms with van der Waals surface area (Å²) in [5.41, 5.74) is 1.83. The fraction of sp³-hybridized carbons (Fsp3) is 0.294. The monoisotopic (exact) mass is 376 g/mol. The van der Waals surface area contributed by atoms with E-state index in [1.54, 1.807) is 25.1 Å². The number of alkyl halides is 2. The summed E-state index contributed by atoms with van der Waals surface area (Å²) in [6, 6.07) is 4.81. The number of methoxy groups -OCH3 is 1. The van der Waals surface area contributed by atoms with E-state index in [0.717, 1.165) is 11.6 Å². The Labute approximate surface area is 151 Å². The number of fused-ring (bicyclic) bond motifs is 2. The van der Waals surface area contributed by atoms with Crippen LogP contribution in [0.3, 0.4) is 0 Å². The Bertz CT molecular complexity index is 1160. The standard InChI is InChI=1S/C17H15F3N6O/c1-9-21-16(27-3)15-14(11(18)7-25(15)23-9)10-4-5-12-13(6-10)26(24-22-12)8-17(2,19)20/h4-7H,8H2,1-3H3. The lowest BCUT2D eigenvalue weighted by molar-refractivity contribution is 0.00130. The predicted molar refractivity (Wildman–Crippen MR) is 91.4 cm³/mol. The minimum atomic E-state index is -2.96. The summed E-state index contributed by atoms with van der Waals surface area (Å²) in [6.07, 6.45) is 1.22. The molecule has 3 aromatic heterocycles. The van der Waals surface area contributed by atoms with E-state index in [1.165, 1.54) is 17.8 Å². The summed E-state index contributed by atoms with van der Waals surface area (Å²) >= 11 is 0. The molecule has 140 valence electrons. The van der Waals surface area contributed by atoms with Crippen molar-refractivity contribution in [2.45, 2.75) is 26.3 Å². The number of hydrogen-bond donors (Lipinski definition) is 0. The van der Waals surface area contributed by atoms with Gasteiger partial charge in [0.15, 0.2) is 5.82 Å². The van der Waals surface area contributed by atoms with Crippen molar-refractivity contribution >= 4 is 16.6 Å². The largest absolute Gasteiger partial charge is 0.479 e. The average Bonchev–Trinajstić information content (AvgIpc) is 3.12. The van der Waals surface area contributed by atoms with Crippen molar-refractivity contribution in [2.75, 3.05) is 7.11 Å². The maximum Gasteiger partial charge on any atom is 0.264 e. The minimum Gasteiger partial charge on any atom is -0.479 e. The first-order chi connectivity index (χ1) is 12.8. The van der Waals surface area contributed by atoms with Crippen LogP contribution in [0.4, 0.5) is 13.2 Å². The van der Waals surface area contributed by atoms with Gasteiger partial charge in [0.25, 0.3) is 5.92 Å². The van der Waals surface area contributed by atoms with Crippen LogP contribution in [0.2, 0.25) is 0 Å². The molecule has 0 spiro atoms. The number of hydrogen-bond acceptors (Lipinski definition) is 5. The van der Waals surface area contributed by atoms with Crippen LogP contribution in [-0.4, -0.2) is 42.6 Å². The quantitative estimate of drug-likeness (QED) is 0.547. The molecule has 0 aliphatic carbocycles. The molecule has 0 atom stereocenters. The molecule has 4 aromatic rings. The summed E-state index contributed by atoms with van der Waals surface area (Å²) in [4.78, 5) is 4.19. The first-order valence-electron chi connectivity index (χ1n) is 8.08. The van der Waals surface area contributed by atoms with Crippen LogP contribution in [0.5, 0.6) is 5.88 Å². The van der Waals surface area contributed by atoms with E-state index in [0.29, 0.717) is 27.9 Å². The van der Waals surface area contributed by atoms with Crippen LogP contribution in [0.25, 0.3) is 27.7 Å². The van der Waals surface area contributed by atoms with E-state index in [9.17, 15) is 13.2 Å². The van der Waals surface area contributed by atoms with Gasteiger partial charge >= 0.3 is 0 Å². The lowest BCUT2D eigenvalue weighted by atomic mass is 10.1. The highest BCUT2D eigenvalue weighted by Crippen LogP contribution is 2.34. The topological polar surface area (TPSA) is 70.1 Å². The van der Waals surface area contributed by atoms with Gasteiger partial charge in [0.05, 0.1) is 24.4 Å². The van der Waals surface area contributed by atoms with Crippen LogP contribution >= 0.6 is 0 Å². The maximum atomic E-state index is 14.7. The second-order valence-electron chi connectivity index (χ2n) is 6.33. The van der Waals surface area contributed by atoms with Crippen molar-refractivity contribution in [3.8, 4) is 17.0 Å². The third-order valence-electron chi connectivity index (χ3n) is 4.08. The highest BCUT2D eigenvalue weighted by atomic mass is 19.3. The van der Waals surface area contributed by atoms with Gasteiger partial charge in [-0.15, -0.1) is 5.10 Å². The molecule has 0 bridgehead atoms.